The van der Waals surface area contributed by atoms with Crippen molar-refractivity contribution in [3.63, 3.8) is 0 Å². The van der Waals surface area contributed by atoms with Crippen LogP contribution in [0.1, 0.15) is 176 Å². The molecule has 0 aromatic carbocycles. The Bertz CT molecular complexity index is 390. The van der Waals surface area contributed by atoms with Gasteiger partial charge in [0.25, 0.3) is 0 Å². The van der Waals surface area contributed by atoms with Crippen LogP contribution in [0.4, 0.5) is 0 Å². The van der Waals surface area contributed by atoms with Crippen molar-refractivity contribution in [3.05, 3.63) is 6.92 Å². The molecule has 0 heterocycles. The Labute approximate surface area is 267 Å². The van der Waals surface area contributed by atoms with E-state index < -0.39 is 0 Å². The van der Waals surface area contributed by atoms with Gasteiger partial charge >= 0.3 is 0 Å². The van der Waals surface area contributed by atoms with Gasteiger partial charge in [-0.05, 0) is 19.3 Å². The summed E-state index contributed by atoms with van der Waals surface area (Å²) in [7, 11) is 2.75. The molecule has 0 spiro atoms. The van der Waals surface area contributed by atoms with Crippen molar-refractivity contribution < 1.29 is 48.8 Å². The Morgan fingerprint density at radius 2 is 0.947 bits per heavy atom. The molecule has 0 bridgehead atoms. The number of hydrogen-bond donors (Lipinski definition) is 2. The molecular weight excluding hydrogens is 547 g/mol. The summed E-state index contributed by atoms with van der Waals surface area (Å²) in [5.41, 5.74) is 0. The second-order valence-electron chi connectivity index (χ2n) is 10.4. The fourth-order valence-electron chi connectivity index (χ4n) is 4.41. The molecule has 0 saturated heterocycles. The summed E-state index contributed by atoms with van der Waals surface area (Å²) in [4.78, 5) is 11.8. The minimum atomic E-state index is 0. The van der Waals surface area contributed by atoms with Crippen LogP contribution in [0.3, 0.4) is 0 Å². The van der Waals surface area contributed by atoms with E-state index in [1.54, 1.807) is 7.11 Å². The van der Waals surface area contributed by atoms with Gasteiger partial charge in [0.15, 0.2) is 0 Å². The summed E-state index contributed by atoms with van der Waals surface area (Å²) < 4.78 is 5.05. The molecule has 0 aliphatic heterocycles. The Kier molecular flexibility index (Phi) is 56.6. The van der Waals surface area contributed by atoms with E-state index in [2.05, 4.69) is 19.2 Å². The number of amides is 1. The van der Waals surface area contributed by atoms with Gasteiger partial charge in [-0.3, -0.25) is 4.79 Å². The van der Waals surface area contributed by atoms with Crippen molar-refractivity contribution in [2.45, 2.75) is 174 Å². The van der Waals surface area contributed by atoms with E-state index in [4.69, 9.17) is 9.84 Å². The van der Waals surface area contributed by atoms with Crippen molar-refractivity contribution in [1.29, 1.82) is 0 Å². The Morgan fingerprint density at radius 1 is 0.632 bits per heavy atom. The summed E-state index contributed by atoms with van der Waals surface area (Å²) in [5, 5.41) is 10.1. The van der Waals surface area contributed by atoms with Crippen LogP contribution < -0.4 is 5.32 Å². The van der Waals surface area contributed by atoms with Crippen molar-refractivity contribution in [2.75, 3.05) is 27.4 Å². The average Bonchev–Trinajstić information content (AvgIpc) is 2.91. The molecule has 231 valence electrons. The zero-order valence-electron chi connectivity index (χ0n) is 26.6. The molecule has 4 nitrogen and oxygen atoms in total. The number of aliphatic hydroxyl groups excluding tert-OH is 1. The molecule has 5 heteroatoms. The van der Waals surface area contributed by atoms with E-state index in [-0.39, 0.29) is 40.0 Å². The first-order valence-corrected chi connectivity index (χ1v) is 16.2. The number of hydrogen-bond acceptors (Lipinski definition) is 3. The third-order valence-corrected chi connectivity index (χ3v) is 6.60. The number of unbranched alkanes of at least 4 members (excludes halogenated alkanes) is 21. The maximum absolute atomic E-state index is 11.8. The van der Waals surface area contributed by atoms with Gasteiger partial charge in [-0.25, -0.2) is 0 Å². The van der Waals surface area contributed by atoms with E-state index in [1.807, 2.05) is 6.92 Å². The summed E-state index contributed by atoms with van der Waals surface area (Å²) in [6, 6.07) is 0. The fraction of sp³-hybridized carbons (Fsp3) is 0.939. The van der Waals surface area contributed by atoms with Crippen molar-refractivity contribution in [1.82, 2.24) is 5.32 Å². The Balaban J connectivity index is -0.000000511. The van der Waals surface area contributed by atoms with Gasteiger partial charge in [-0.15, -0.1) is 0 Å². The van der Waals surface area contributed by atoms with Crippen LogP contribution in [-0.4, -0.2) is 38.4 Å². The van der Waals surface area contributed by atoms with Crippen LogP contribution in [0.5, 0.6) is 0 Å². The number of ether oxygens (including phenoxy) is 1. The summed E-state index contributed by atoms with van der Waals surface area (Å²) in [6.45, 7) is 9.48. The van der Waals surface area contributed by atoms with E-state index in [0.717, 1.165) is 45.9 Å². The normalized spacial score (nSPS) is 10.1. The molecule has 1 radical (unpaired) electrons. The molecule has 0 fully saturated rings. The molecule has 0 rings (SSSR count). The molecule has 0 saturated carbocycles. The second kappa shape index (κ2) is 47.3. The van der Waals surface area contributed by atoms with Gasteiger partial charge < -0.3 is 22.1 Å². The molecule has 0 aromatic heterocycles. The number of carbonyl (C=O) groups is 1. The topological polar surface area (TPSA) is 58.6 Å². The third kappa shape index (κ3) is 49.4. The predicted molar refractivity (Wildman–Crippen MR) is 167 cm³/mol. The second-order valence-corrected chi connectivity index (χ2v) is 10.4. The number of nitrogens with one attached hydrogen (secondary N) is 1. The molecule has 38 heavy (non-hydrogen) atoms. The van der Waals surface area contributed by atoms with E-state index >= 15 is 0 Å². The van der Waals surface area contributed by atoms with E-state index in [0.29, 0.717) is 6.42 Å². The van der Waals surface area contributed by atoms with Gasteiger partial charge in [-0.1, -0.05) is 142 Å². The zero-order chi connectivity index (χ0) is 28.1. The number of aliphatic hydroxyl groups is 1. The predicted octanol–water partition coefficient (Wildman–Crippen LogP) is 10.2. The van der Waals surface area contributed by atoms with Crippen molar-refractivity contribution in [3.8, 4) is 0 Å². The van der Waals surface area contributed by atoms with Crippen LogP contribution in [0.25, 0.3) is 0 Å². The maximum atomic E-state index is 11.8. The smallest absolute Gasteiger partial charge is 0.219 e. The molecule has 0 aromatic rings. The quantitative estimate of drug-likeness (QED) is 0.0711. The van der Waals surface area contributed by atoms with E-state index in [1.165, 1.54) is 128 Å². The molecule has 0 atom stereocenters. The summed E-state index contributed by atoms with van der Waals surface area (Å²) in [5.74, 6) is 0.244. The van der Waals surface area contributed by atoms with Gasteiger partial charge in [-0.2, -0.15) is 6.42 Å². The molecule has 1 amide bonds. The van der Waals surface area contributed by atoms with Gasteiger partial charge in [0.05, 0.1) is 0 Å². The summed E-state index contributed by atoms with van der Waals surface area (Å²) in [6.07, 6.45) is 32.8. The van der Waals surface area contributed by atoms with Crippen LogP contribution in [-0.2, 0) is 42.2 Å². The number of rotatable bonds is 27. The van der Waals surface area contributed by atoms with Crippen molar-refractivity contribution in [2.24, 2.45) is 0 Å². The minimum absolute atomic E-state index is 0. The summed E-state index contributed by atoms with van der Waals surface area (Å²) >= 11 is 0. The monoisotopic (exact) mass is 619 g/mol. The Morgan fingerprint density at radius 3 is 1.32 bits per heavy atom. The molecular formula is C33H72NO3Y-. The number of carbonyl (C=O) groups excluding carboxylic acids is 1. The first-order valence-electron chi connectivity index (χ1n) is 16.2. The first-order chi connectivity index (χ1) is 18.2. The third-order valence-electron chi connectivity index (χ3n) is 6.60. The Hall–Kier alpha value is 0.494. The largest absolute Gasteiger partial charge is 0.400 e. The minimum Gasteiger partial charge on any atom is -0.400 e. The van der Waals surface area contributed by atoms with Crippen molar-refractivity contribution >= 4 is 5.91 Å². The maximum Gasteiger partial charge on any atom is 0.219 e. The van der Waals surface area contributed by atoms with Crippen LogP contribution in [0.2, 0.25) is 0 Å². The number of methoxy groups -OCH3 is 1. The van der Waals surface area contributed by atoms with Crippen LogP contribution in [0, 0.1) is 6.92 Å². The van der Waals surface area contributed by atoms with Gasteiger partial charge in [0, 0.05) is 67.9 Å². The molecule has 0 aliphatic carbocycles. The molecule has 0 aliphatic rings. The van der Waals surface area contributed by atoms with Gasteiger partial charge in [0.2, 0.25) is 5.91 Å². The zero-order valence-corrected chi connectivity index (χ0v) is 29.5. The standard InChI is InChI=1S/C29H59NO2.C3H7.CH4O.Y.H2/c1-3-4-5-6-7-8-9-10-11-12-13-14-15-16-17-18-19-20-23-26-29(31)30-27-24-21-22-25-28-32-2;1-3-2;1-2;;/h3-28H2,1-2H3,(H,30,31);1,3H2,2H3;2H,1H3;;1H/q;-1;;;. The average molecular weight is 620 g/mol. The SMILES string of the molecule is CCCCCCCCCCCCCCCCCCCCCC(=O)NCCCCCCOC.CO.[CH2-]CC.[HH].[Y]. The molecule has 0 unspecified atom stereocenters. The molecule has 2 N–H and O–H groups in total. The van der Waals surface area contributed by atoms with Crippen LogP contribution in [0.15, 0.2) is 0 Å². The van der Waals surface area contributed by atoms with E-state index in [9.17, 15) is 4.79 Å². The van der Waals surface area contributed by atoms with Gasteiger partial charge in [0.1, 0.15) is 0 Å². The fourth-order valence-corrected chi connectivity index (χ4v) is 4.41. The first kappa shape index (κ1) is 45.5. The van der Waals surface area contributed by atoms with Crippen LogP contribution >= 0.6 is 0 Å².